The first-order valence-electron chi connectivity index (χ1n) is 17.4. The molecule has 0 aromatic rings. The Morgan fingerprint density at radius 3 is 2.13 bits per heavy atom. The van der Waals surface area contributed by atoms with Crippen molar-refractivity contribution in [3.63, 3.8) is 0 Å². The number of hydrogen-bond donors (Lipinski definition) is 4. The number of carbonyl (C=O) groups excluding carboxylic acids is 1. The fourth-order valence-electron chi connectivity index (χ4n) is 6.40. The van der Waals surface area contributed by atoms with E-state index in [1.165, 1.54) is 0 Å². The Balaban J connectivity index is 0.00000148. The van der Waals surface area contributed by atoms with Crippen molar-refractivity contribution in [2.75, 3.05) is 14.1 Å². The van der Waals surface area contributed by atoms with Crippen LogP contribution in [-0.4, -0.2) is 116 Å². The molecule has 0 amide bonds. The molecule has 2 rings (SSSR count). The second-order valence-corrected chi connectivity index (χ2v) is 15.3. The molecule has 279 valence electrons. The normalized spacial score (nSPS) is 38.1. The van der Waals surface area contributed by atoms with Crippen molar-refractivity contribution in [3.05, 3.63) is 0 Å². The third kappa shape index (κ3) is 14.8. The van der Waals surface area contributed by atoms with E-state index in [0.717, 1.165) is 36.3 Å². The molecule has 0 aliphatic carbocycles. The van der Waals surface area contributed by atoms with Gasteiger partial charge in [0.05, 0.1) is 6.10 Å². The van der Waals surface area contributed by atoms with E-state index in [1.54, 1.807) is 27.7 Å². The van der Waals surface area contributed by atoms with Gasteiger partial charge < -0.3 is 25.3 Å². The van der Waals surface area contributed by atoms with Crippen LogP contribution in [0.25, 0.3) is 0 Å². The molecule has 0 radical (unpaired) electrons. The van der Waals surface area contributed by atoms with E-state index in [4.69, 9.17) is 18.9 Å². The molecule has 6 N–H and O–H groups in total. The average Bonchev–Trinajstić information content (AvgIpc) is 2.98. The molecule has 8 unspecified atom stereocenters. The molecule has 2 saturated heterocycles. The number of hydrogen-bond acceptors (Lipinski definition) is 10. The molecule has 14 atom stereocenters. The van der Waals surface area contributed by atoms with Crippen molar-refractivity contribution >= 4 is 10.2 Å². The summed E-state index contributed by atoms with van der Waals surface area (Å²) in [6.45, 7) is 18.8. The second-order valence-electron chi connectivity index (χ2n) is 14.4. The number of aliphatic hydroxyl groups excluding tert-OH is 3. The van der Waals surface area contributed by atoms with Crippen LogP contribution < -0.4 is 0 Å². The fourth-order valence-corrected chi connectivity index (χ4v) is 6.82. The van der Waals surface area contributed by atoms with Crippen LogP contribution in [0.15, 0.2) is 0 Å². The Morgan fingerprint density at radius 2 is 1.64 bits per heavy atom. The molecule has 2 fully saturated rings. The summed E-state index contributed by atoms with van der Waals surface area (Å²) in [7, 11) is 4.07. The van der Waals surface area contributed by atoms with Gasteiger partial charge in [-0.2, -0.15) is 0 Å². The number of esters is 1. The van der Waals surface area contributed by atoms with E-state index in [0.29, 0.717) is 24.8 Å². The summed E-state index contributed by atoms with van der Waals surface area (Å²) in [5, 5.41) is 41.5. The van der Waals surface area contributed by atoms with Crippen molar-refractivity contribution in [2.24, 2.45) is 23.7 Å². The molecule has 0 aromatic heterocycles. The minimum absolute atomic E-state index is 0. The number of aliphatic hydroxyl groups is 4. The standard InChI is InChI=1S/C27H50O7.C8H17NO2.H2O.V/c1-10-22-27(9,31)25(29)17(4)14-12-13-16(3)15-18(5)24(19(6)26(30)33-22)34-23(11-2)32-21(8)20(7)28;1-6-4-7(9(2)3)5-8(10)11-6;;/h16-25,28-29,31H,10-13,15H2,1-9H3;6-8,10H,4-5H2,1-3H3;1H2;/t16-,17-,18?,19?,20+,21?,22?,23-,24?,25+,27+;;;/m0.../s1. The maximum Gasteiger partial charge on any atom is -0.412 e. The first-order valence-corrected chi connectivity index (χ1v) is 18.1. The van der Waals surface area contributed by atoms with Gasteiger partial charge in [-0.15, -0.1) is 0 Å². The Kier molecular flexibility index (Phi) is 21.5. The van der Waals surface area contributed by atoms with Crippen LogP contribution >= 0.6 is 0 Å². The van der Waals surface area contributed by atoms with E-state index >= 15 is 0 Å². The molecule has 2 heterocycles. The van der Waals surface area contributed by atoms with Gasteiger partial charge in [0, 0.05) is 12.5 Å². The van der Waals surface area contributed by atoms with Gasteiger partial charge in [-0.3, -0.25) is 0 Å². The molecule has 2 aliphatic rings. The summed E-state index contributed by atoms with van der Waals surface area (Å²) in [4.78, 5) is 15.5. The van der Waals surface area contributed by atoms with E-state index in [9.17, 15) is 25.2 Å². The topological polar surface area (TPSA) is 170 Å². The zero-order valence-corrected chi connectivity index (χ0v) is 32.6. The third-order valence-electron chi connectivity index (χ3n) is 9.86. The maximum atomic E-state index is 13.3. The first kappa shape index (κ1) is 46.6. The van der Waals surface area contributed by atoms with Crippen molar-refractivity contribution in [3.8, 4) is 0 Å². The maximum absolute atomic E-state index is 13.3. The van der Waals surface area contributed by atoms with Crippen LogP contribution in [0.4, 0.5) is 0 Å². The summed E-state index contributed by atoms with van der Waals surface area (Å²) < 4.78 is 24.4. The molecule has 0 aromatic carbocycles. The first-order chi connectivity index (χ1) is 21.3. The number of carbonyl (C=O) groups is 1. The molecule has 0 bridgehead atoms. The van der Waals surface area contributed by atoms with Crippen LogP contribution in [0, 0.1) is 23.7 Å². The van der Waals surface area contributed by atoms with E-state index < -0.39 is 60.6 Å². The third-order valence-corrected chi connectivity index (χ3v) is 10.8. The Bertz CT molecular complexity index is 896. The van der Waals surface area contributed by atoms with E-state index in [1.807, 2.05) is 41.8 Å². The van der Waals surface area contributed by atoms with Gasteiger partial charge in [0.2, 0.25) is 0 Å². The summed E-state index contributed by atoms with van der Waals surface area (Å²) in [5.41, 5.74) is -1.60. The van der Waals surface area contributed by atoms with Gasteiger partial charge >= 0.3 is 210 Å². The monoisotopic (exact) mass is 714 g/mol. The fraction of sp³-hybridized carbons (Fsp3) is 0.943. The molecular formula is C35H69NO10V. The number of ether oxygens (including phenoxy) is 4. The predicted octanol–water partition coefficient (Wildman–Crippen LogP) is 3.38. The molecular weight excluding hydrogens is 645 g/mol. The smallest absolute Gasteiger partial charge is 0.412 e. The van der Waals surface area contributed by atoms with Gasteiger partial charge in [0.25, 0.3) is 0 Å². The van der Waals surface area contributed by atoms with Gasteiger partial charge in [0.1, 0.15) is 0 Å². The van der Waals surface area contributed by atoms with Crippen LogP contribution in [0.1, 0.15) is 114 Å². The molecule has 0 saturated carbocycles. The predicted molar refractivity (Wildman–Crippen MR) is 180 cm³/mol. The van der Waals surface area contributed by atoms with Crippen molar-refractivity contribution in [1.82, 2.24) is 4.90 Å². The Morgan fingerprint density at radius 1 is 1.04 bits per heavy atom. The second kappa shape index (κ2) is 21.7. The molecule has 47 heavy (non-hydrogen) atoms. The number of nitrogens with zero attached hydrogens (tertiary/aromatic N) is 1. The van der Waals surface area contributed by atoms with Crippen molar-refractivity contribution in [2.45, 2.75) is 175 Å². The quantitative estimate of drug-likeness (QED) is 0.216. The zero-order valence-electron chi connectivity index (χ0n) is 31.2. The SMILES string of the molecule is CC1CC(N(C)C)CC(O)O1.CCC1OC(=O)C(C)C(O[C@@H](CC)OC(C)[C@@H](C)O)C(C)C[C@@H](C)CC[C](=[V])[C@H](C)[C@@H](O)[C@]1(C)O.O. The Hall–Kier alpha value is -0.436. The summed E-state index contributed by atoms with van der Waals surface area (Å²) >= 11 is 2.57. The minimum atomic E-state index is -1.60. The van der Waals surface area contributed by atoms with Crippen LogP contribution in [0.3, 0.4) is 0 Å². The van der Waals surface area contributed by atoms with Crippen LogP contribution in [0.2, 0.25) is 0 Å². The van der Waals surface area contributed by atoms with Gasteiger partial charge in [-0.05, 0) is 34.4 Å². The van der Waals surface area contributed by atoms with Gasteiger partial charge in [-0.1, -0.05) is 0 Å². The van der Waals surface area contributed by atoms with E-state index in [-0.39, 0.29) is 23.4 Å². The molecule has 2 aliphatic heterocycles. The van der Waals surface area contributed by atoms with Gasteiger partial charge in [0.15, 0.2) is 6.29 Å². The van der Waals surface area contributed by atoms with Crippen LogP contribution in [-0.2, 0) is 40.7 Å². The average molecular weight is 715 g/mol. The molecule has 12 heteroatoms. The molecule has 0 spiro atoms. The zero-order chi connectivity index (χ0) is 35.5. The van der Waals surface area contributed by atoms with E-state index in [2.05, 4.69) is 35.7 Å². The minimum Gasteiger partial charge on any atom is -0.412 e. The Labute approximate surface area is 293 Å². The van der Waals surface area contributed by atoms with Crippen molar-refractivity contribution in [1.29, 1.82) is 0 Å². The van der Waals surface area contributed by atoms with Crippen LogP contribution in [0.5, 0.6) is 0 Å². The summed E-state index contributed by atoms with van der Waals surface area (Å²) in [6.07, 6.45) is 0.909. The number of cyclic esters (lactones) is 1. The largest absolute Gasteiger partial charge is 0.412 e. The molecule has 11 nitrogen and oxygen atoms in total. The summed E-state index contributed by atoms with van der Waals surface area (Å²) in [6, 6.07) is 0.466. The van der Waals surface area contributed by atoms with Gasteiger partial charge in [-0.25, -0.2) is 0 Å². The summed E-state index contributed by atoms with van der Waals surface area (Å²) in [5.74, 6) is -0.907. The van der Waals surface area contributed by atoms with Crippen molar-refractivity contribution < 1.29 is 66.6 Å². The number of rotatable bonds is 8.